The van der Waals surface area contributed by atoms with Crippen molar-refractivity contribution in [1.29, 1.82) is 0 Å². The highest BCUT2D eigenvalue weighted by molar-refractivity contribution is 9.10. The molecule has 0 atom stereocenters. The van der Waals surface area contributed by atoms with Gasteiger partial charge in [0.1, 0.15) is 0 Å². The number of rotatable bonds is 3. The van der Waals surface area contributed by atoms with Gasteiger partial charge in [-0.15, -0.1) is 0 Å². The molecule has 1 aliphatic carbocycles. The number of hydrogen-bond acceptors (Lipinski definition) is 1. The van der Waals surface area contributed by atoms with E-state index < -0.39 is 0 Å². The zero-order valence-electron chi connectivity index (χ0n) is 9.63. The summed E-state index contributed by atoms with van der Waals surface area (Å²) in [5.41, 5.74) is 2.03. The van der Waals surface area contributed by atoms with E-state index in [1.807, 2.05) is 25.1 Å². The molecule has 86 valence electrons. The molecule has 0 spiro atoms. The van der Waals surface area contributed by atoms with Crippen molar-refractivity contribution in [3.63, 3.8) is 0 Å². The lowest BCUT2D eigenvalue weighted by Gasteiger charge is -2.08. The van der Waals surface area contributed by atoms with Crippen LogP contribution in [0.1, 0.15) is 48.0 Å². The molecule has 2 rings (SSSR count). The highest BCUT2D eigenvalue weighted by Gasteiger charge is 2.19. The number of benzene rings is 1. The minimum Gasteiger partial charge on any atom is -0.294 e. The van der Waals surface area contributed by atoms with E-state index in [0.29, 0.717) is 11.7 Å². The van der Waals surface area contributed by atoms with Crippen molar-refractivity contribution in [3.05, 3.63) is 33.8 Å². The van der Waals surface area contributed by atoms with E-state index in [4.69, 9.17) is 0 Å². The smallest absolute Gasteiger partial charge is 0.163 e. The van der Waals surface area contributed by atoms with E-state index in [1.54, 1.807) is 0 Å². The second kappa shape index (κ2) is 5.13. The van der Waals surface area contributed by atoms with Gasteiger partial charge < -0.3 is 0 Å². The van der Waals surface area contributed by atoms with E-state index in [-0.39, 0.29) is 0 Å². The van der Waals surface area contributed by atoms with Crippen LogP contribution in [0, 0.1) is 12.8 Å². The van der Waals surface area contributed by atoms with Crippen molar-refractivity contribution in [1.82, 2.24) is 0 Å². The number of Topliss-reactive ketones (excluding diaryl/α,β-unsaturated/α-hetero) is 1. The summed E-state index contributed by atoms with van der Waals surface area (Å²) in [6.45, 7) is 2.04. The summed E-state index contributed by atoms with van der Waals surface area (Å²) in [5, 5.41) is 0. The first-order valence-electron chi connectivity index (χ1n) is 5.96. The standard InChI is InChI=1S/C14H17BrO/c1-10-6-7-12(9-13(10)15)14(16)8-11-4-2-3-5-11/h6-7,9,11H,2-5,8H2,1H3. The first-order chi connectivity index (χ1) is 7.66. The Morgan fingerprint density at radius 1 is 1.38 bits per heavy atom. The Hall–Kier alpha value is -0.630. The summed E-state index contributed by atoms with van der Waals surface area (Å²) in [4.78, 5) is 12.0. The van der Waals surface area contributed by atoms with Crippen LogP contribution < -0.4 is 0 Å². The van der Waals surface area contributed by atoms with Crippen molar-refractivity contribution >= 4 is 21.7 Å². The molecule has 0 N–H and O–H groups in total. The first-order valence-corrected chi connectivity index (χ1v) is 6.75. The summed E-state index contributed by atoms with van der Waals surface area (Å²) in [7, 11) is 0. The van der Waals surface area contributed by atoms with E-state index >= 15 is 0 Å². The molecule has 1 aromatic carbocycles. The van der Waals surface area contributed by atoms with Crippen LogP contribution >= 0.6 is 15.9 Å². The second-order valence-electron chi connectivity index (χ2n) is 4.74. The Morgan fingerprint density at radius 3 is 2.69 bits per heavy atom. The van der Waals surface area contributed by atoms with E-state index in [2.05, 4.69) is 15.9 Å². The molecule has 0 unspecified atom stereocenters. The first kappa shape index (κ1) is 11.8. The Morgan fingerprint density at radius 2 is 2.06 bits per heavy atom. The van der Waals surface area contributed by atoms with Gasteiger partial charge in [0.2, 0.25) is 0 Å². The summed E-state index contributed by atoms with van der Waals surface area (Å²) >= 11 is 3.47. The van der Waals surface area contributed by atoms with Gasteiger partial charge in [0.15, 0.2) is 5.78 Å². The van der Waals surface area contributed by atoms with E-state index in [9.17, 15) is 4.79 Å². The summed E-state index contributed by atoms with van der Waals surface area (Å²) in [6.07, 6.45) is 5.80. The summed E-state index contributed by atoms with van der Waals surface area (Å²) in [6, 6.07) is 5.90. The topological polar surface area (TPSA) is 17.1 Å². The molecule has 0 heterocycles. The number of ketones is 1. The maximum Gasteiger partial charge on any atom is 0.163 e. The zero-order chi connectivity index (χ0) is 11.5. The fourth-order valence-corrected chi connectivity index (χ4v) is 2.74. The molecule has 0 saturated heterocycles. The molecule has 0 aromatic heterocycles. The molecule has 16 heavy (non-hydrogen) atoms. The van der Waals surface area contributed by atoms with Crippen LogP contribution in [0.25, 0.3) is 0 Å². The van der Waals surface area contributed by atoms with Crippen molar-refractivity contribution in [3.8, 4) is 0 Å². The molecule has 0 aliphatic heterocycles. The Labute approximate surface area is 105 Å². The minimum atomic E-state index is 0.299. The third kappa shape index (κ3) is 2.73. The molecule has 1 fully saturated rings. The maximum absolute atomic E-state index is 12.0. The molecule has 1 aliphatic rings. The monoisotopic (exact) mass is 280 g/mol. The molecule has 1 saturated carbocycles. The van der Waals surface area contributed by atoms with Crippen molar-refractivity contribution in [2.45, 2.75) is 39.0 Å². The van der Waals surface area contributed by atoms with Crippen LogP contribution in [0.3, 0.4) is 0 Å². The van der Waals surface area contributed by atoms with Crippen molar-refractivity contribution in [2.75, 3.05) is 0 Å². The number of hydrogen-bond donors (Lipinski definition) is 0. The Kier molecular flexibility index (Phi) is 3.80. The van der Waals surface area contributed by atoms with Gasteiger partial charge in [-0.25, -0.2) is 0 Å². The second-order valence-corrected chi connectivity index (χ2v) is 5.60. The van der Waals surface area contributed by atoms with Gasteiger partial charge in [0.25, 0.3) is 0 Å². The van der Waals surface area contributed by atoms with Gasteiger partial charge in [-0.2, -0.15) is 0 Å². The van der Waals surface area contributed by atoms with Crippen molar-refractivity contribution in [2.24, 2.45) is 5.92 Å². The average Bonchev–Trinajstić information content (AvgIpc) is 2.74. The number of carbonyl (C=O) groups is 1. The predicted molar refractivity (Wildman–Crippen MR) is 69.8 cm³/mol. The third-order valence-electron chi connectivity index (χ3n) is 3.44. The normalized spacial score (nSPS) is 16.6. The molecule has 0 bridgehead atoms. The number of carbonyl (C=O) groups excluding carboxylic acids is 1. The SMILES string of the molecule is Cc1ccc(C(=O)CC2CCCC2)cc1Br. The summed E-state index contributed by atoms with van der Waals surface area (Å²) in [5.74, 6) is 0.931. The van der Waals surface area contributed by atoms with E-state index in [1.165, 1.54) is 31.2 Å². The molecule has 0 amide bonds. The molecule has 1 aromatic rings. The van der Waals surface area contributed by atoms with Gasteiger partial charge in [0, 0.05) is 16.5 Å². The average molecular weight is 281 g/mol. The van der Waals surface area contributed by atoms with Crippen LogP contribution in [0.15, 0.2) is 22.7 Å². The largest absolute Gasteiger partial charge is 0.294 e. The molecule has 2 heteroatoms. The van der Waals surface area contributed by atoms with Crippen LogP contribution in [-0.4, -0.2) is 5.78 Å². The van der Waals surface area contributed by atoms with Crippen LogP contribution in [-0.2, 0) is 0 Å². The molecular formula is C14H17BrO. The molecular weight excluding hydrogens is 264 g/mol. The lowest BCUT2D eigenvalue weighted by atomic mass is 9.97. The quantitative estimate of drug-likeness (QED) is 0.744. The highest BCUT2D eigenvalue weighted by atomic mass is 79.9. The fourth-order valence-electron chi connectivity index (χ4n) is 2.36. The van der Waals surface area contributed by atoms with Gasteiger partial charge in [-0.05, 0) is 24.5 Å². The Bertz CT molecular complexity index is 392. The lowest BCUT2D eigenvalue weighted by Crippen LogP contribution is -2.06. The molecule has 1 nitrogen and oxygen atoms in total. The maximum atomic E-state index is 12.0. The van der Waals surface area contributed by atoms with E-state index in [0.717, 1.165) is 16.5 Å². The van der Waals surface area contributed by atoms with Crippen LogP contribution in [0.4, 0.5) is 0 Å². The lowest BCUT2D eigenvalue weighted by molar-refractivity contribution is 0.0962. The fraction of sp³-hybridized carbons (Fsp3) is 0.500. The molecule has 0 radical (unpaired) electrons. The summed E-state index contributed by atoms with van der Waals surface area (Å²) < 4.78 is 1.03. The highest BCUT2D eigenvalue weighted by Crippen LogP contribution is 2.29. The van der Waals surface area contributed by atoms with Crippen molar-refractivity contribution < 1.29 is 4.79 Å². The zero-order valence-corrected chi connectivity index (χ0v) is 11.2. The van der Waals surface area contributed by atoms with Gasteiger partial charge in [-0.1, -0.05) is 53.7 Å². The predicted octanol–water partition coefficient (Wildman–Crippen LogP) is 4.52. The van der Waals surface area contributed by atoms with Crippen LogP contribution in [0.2, 0.25) is 0 Å². The number of aryl methyl sites for hydroxylation is 1. The minimum absolute atomic E-state index is 0.299. The van der Waals surface area contributed by atoms with Gasteiger partial charge in [-0.3, -0.25) is 4.79 Å². The Balaban J connectivity index is 2.05. The van der Waals surface area contributed by atoms with Gasteiger partial charge in [0.05, 0.1) is 0 Å². The van der Waals surface area contributed by atoms with Gasteiger partial charge >= 0.3 is 0 Å². The number of halogens is 1. The third-order valence-corrected chi connectivity index (χ3v) is 4.30. The van der Waals surface area contributed by atoms with Crippen LogP contribution in [0.5, 0.6) is 0 Å².